The molecule has 2 aromatic carbocycles. The zero-order chi connectivity index (χ0) is 22.6. The lowest BCUT2D eigenvalue weighted by atomic mass is 10.1. The predicted octanol–water partition coefficient (Wildman–Crippen LogP) is 5.58. The second-order valence-corrected chi connectivity index (χ2v) is 7.56. The Balaban J connectivity index is 2.11. The molecule has 0 bridgehead atoms. The van der Waals surface area contributed by atoms with Crippen molar-refractivity contribution in [2.24, 2.45) is 5.92 Å². The Kier molecular flexibility index (Phi) is 9.37. The van der Waals surface area contributed by atoms with Crippen LogP contribution in [0.5, 0.6) is 5.75 Å². The molecule has 0 aliphatic heterocycles. The first kappa shape index (κ1) is 23.7. The number of nitriles is 1. The quantitative estimate of drug-likeness (QED) is 0.568. The average molecular weight is 424 g/mol. The normalized spacial score (nSPS) is 11.3. The third-order valence-electron chi connectivity index (χ3n) is 4.35. The minimum absolute atomic E-state index is 0.227. The maximum absolute atomic E-state index is 12.9. The fourth-order valence-corrected chi connectivity index (χ4v) is 2.84. The molecule has 0 aliphatic rings. The number of anilines is 1. The van der Waals surface area contributed by atoms with Crippen molar-refractivity contribution in [2.45, 2.75) is 46.2 Å². The number of hydrogen-bond acceptors (Lipinski definition) is 5. The van der Waals surface area contributed by atoms with Crippen molar-refractivity contribution in [3.63, 3.8) is 0 Å². The molecule has 1 atom stereocenters. The molecule has 164 valence electrons. The molecule has 7 nitrogen and oxygen atoms in total. The van der Waals surface area contributed by atoms with Gasteiger partial charge in [0.05, 0.1) is 19.2 Å². The molecule has 0 saturated carbocycles. The molecule has 31 heavy (non-hydrogen) atoms. The number of hydrogen-bond donors (Lipinski definition) is 1. The molecule has 0 fully saturated rings. The molecule has 0 heterocycles. The third kappa shape index (κ3) is 8.01. The van der Waals surface area contributed by atoms with E-state index in [2.05, 4.69) is 11.4 Å². The van der Waals surface area contributed by atoms with Crippen molar-refractivity contribution in [3.8, 4) is 11.8 Å². The molecule has 2 amide bonds. The van der Waals surface area contributed by atoms with Crippen molar-refractivity contribution in [3.05, 3.63) is 60.2 Å². The topological polar surface area (TPSA) is 91.7 Å². The summed E-state index contributed by atoms with van der Waals surface area (Å²) in [7, 11) is 0. The highest BCUT2D eigenvalue weighted by atomic mass is 16.6. The fourth-order valence-electron chi connectivity index (χ4n) is 2.84. The van der Waals surface area contributed by atoms with E-state index < -0.39 is 18.2 Å². The molecular formula is C24H29N3O4. The van der Waals surface area contributed by atoms with Gasteiger partial charge in [0.25, 0.3) is 0 Å². The first-order chi connectivity index (χ1) is 14.9. The Morgan fingerprint density at radius 1 is 1.13 bits per heavy atom. The van der Waals surface area contributed by atoms with Crippen molar-refractivity contribution in [1.82, 2.24) is 4.90 Å². The van der Waals surface area contributed by atoms with E-state index in [-0.39, 0.29) is 18.2 Å². The summed E-state index contributed by atoms with van der Waals surface area (Å²) in [5.41, 5.74) is 1.35. The van der Waals surface area contributed by atoms with Gasteiger partial charge in [-0.15, -0.1) is 0 Å². The lowest BCUT2D eigenvalue weighted by molar-refractivity contribution is 0.136. The van der Waals surface area contributed by atoms with Gasteiger partial charge in [0.2, 0.25) is 0 Å². The Bertz CT molecular complexity index is 893. The molecular weight excluding hydrogens is 394 g/mol. The Hall–Kier alpha value is -3.53. The number of carbonyl (C=O) groups excluding carboxylic acids is 2. The van der Waals surface area contributed by atoms with Gasteiger partial charge in [0.1, 0.15) is 11.8 Å². The molecule has 0 spiro atoms. The van der Waals surface area contributed by atoms with Crippen LogP contribution in [0.2, 0.25) is 0 Å². The van der Waals surface area contributed by atoms with Crippen molar-refractivity contribution >= 4 is 17.9 Å². The van der Waals surface area contributed by atoms with Crippen LogP contribution < -0.4 is 10.1 Å². The molecule has 2 rings (SSSR count). The van der Waals surface area contributed by atoms with Gasteiger partial charge < -0.3 is 9.47 Å². The summed E-state index contributed by atoms with van der Waals surface area (Å²) in [6, 6.07) is 17.5. The fraction of sp³-hybridized carbons (Fsp3) is 0.375. The Morgan fingerprint density at radius 3 is 2.52 bits per heavy atom. The van der Waals surface area contributed by atoms with Crippen molar-refractivity contribution in [1.29, 1.82) is 5.26 Å². The van der Waals surface area contributed by atoms with Gasteiger partial charge in [-0.25, -0.2) is 9.59 Å². The van der Waals surface area contributed by atoms with E-state index in [1.54, 1.807) is 18.2 Å². The summed E-state index contributed by atoms with van der Waals surface area (Å²) >= 11 is 0. The number of rotatable bonds is 9. The van der Waals surface area contributed by atoms with E-state index in [1.807, 2.05) is 51.1 Å². The average Bonchev–Trinajstić information content (AvgIpc) is 2.75. The van der Waals surface area contributed by atoms with Crippen LogP contribution in [0.25, 0.3) is 0 Å². The Labute approximate surface area is 183 Å². The number of nitrogens with zero attached hydrogens (tertiary/aromatic N) is 2. The largest absolute Gasteiger partial charge is 0.449 e. The van der Waals surface area contributed by atoms with E-state index in [1.165, 1.54) is 11.0 Å². The van der Waals surface area contributed by atoms with Crippen LogP contribution in [0.15, 0.2) is 54.6 Å². The van der Waals surface area contributed by atoms with Gasteiger partial charge in [0.15, 0.2) is 0 Å². The molecule has 0 saturated heterocycles. The lowest BCUT2D eigenvalue weighted by Crippen LogP contribution is -2.40. The summed E-state index contributed by atoms with van der Waals surface area (Å²) in [5, 5.41) is 12.2. The van der Waals surface area contributed by atoms with Gasteiger partial charge in [-0.2, -0.15) is 5.26 Å². The molecule has 1 unspecified atom stereocenters. The number of benzene rings is 2. The van der Waals surface area contributed by atoms with Gasteiger partial charge in [0, 0.05) is 11.8 Å². The number of carbonyl (C=O) groups is 2. The highest BCUT2D eigenvalue weighted by molar-refractivity contribution is 5.85. The van der Waals surface area contributed by atoms with E-state index in [4.69, 9.17) is 9.47 Å². The first-order valence-corrected chi connectivity index (χ1v) is 10.4. The summed E-state index contributed by atoms with van der Waals surface area (Å²) < 4.78 is 10.6. The zero-order valence-corrected chi connectivity index (χ0v) is 18.2. The first-order valence-electron chi connectivity index (χ1n) is 10.4. The van der Waals surface area contributed by atoms with Gasteiger partial charge in [-0.05, 0) is 30.0 Å². The third-order valence-corrected chi connectivity index (χ3v) is 4.35. The molecule has 2 aromatic rings. The number of nitrogens with one attached hydrogen (secondary N) is 1. The summed E-state index contributed by atoms with van der Waals surface area (Å²) in [5.74, 6) is 0.489. The molecule has 0 aromatic heterocycles. The molecule has 1 N–H and O–H groups in total. The predicted molar refractivity (Wildman–Crippen MR) is 119 cm³/mol. The Morgan fingerprint density at radius 2 is 1.87 bits per heavy atom. The lowest BCUT2D eigenvalue weighted by Gasteiger charge is -2.26. The zero-order valence-electron chi connectivity index (χ0n) is 18.2. The number of amides is 2. The molecule has 7 heteroatoms. The monoisotopic (exact) mass is 423 g/mol. The van der Waals surface area contributed by atoms with Crippen LogP contribution in [-0.4, -0.2) is 29.7 Å². The summed E-state index contributed by atoms with van der Waals surface area (Å²) in [6.45, 7) is 6.42. The maximum atomic E-state index is 12.9. The van der Waals surface area contributed by atoms with Crippen LogP contribution in [-0.2, 0) is 11.3 Å². The van der Waals surface area contributed by atoms with E-state index in [0.29, 0.717) is 18.7 Å². The van der Waals surface area contributed by atoms with Crippen molar-refractivity contribution in [2.75, 3.05) is 11.9 Å². The molecule has 0 radical (unpaired) electrons. The van der Waals surface area contributed by atoms with Crippen LogP contribution >= 0.6 is 0 Å². The summed E-state index contributed by atoms with van der Waals surface area (Å²) in [6.07, 6.45) is 0.106. The standard InChI is InChI=1S/C24H29N3O4/c1-4-9-21(15-25)27(16-19-10-6-5-7-11-19)24(29)31-22-13-8-12-20(14-22)26-23(28)30-17-18(2)3/h5-8,10-14,18,21H,4,9,16-17H2,1-3H3,(H,26,28). The smallest absolute Gasteiger partial charge is 0.416 e. The minimum atomic E-state index is -0.622. The highest BCUT2D eigenvalue weighted by Gasteiger charge is 2.25. The second-order valence-electron chi connectivity index (χ2n) is 7.56. The number of ether oxygens (including phenoxy) is 2. The SMILES string of the molecule is CCCC(C#N)N(Cc1ccccc1)C(=O)Oc1cccc(NC(=O)OCC(C)C)c1. The van der Waals surface area contributed by atoms with E-state index in [0.717, 1.165) is 12.0 Å². The minimum Gasteiger partial charge on any atom is -0.449 e. The van der Waals surface area contributed by atoms with Crippen LogP contribution in [0.1, 0.15) is 39.2 Å². The van der Waals surface area contributed by atoms with Crippen LogP contribution in [0, 0.1) is 17.2 Å². The van der Waals surface area contributed by atoms with E-state index in [9.17, 15) is 14.9 Å². The van der Waals surface area contributed by atoms with Crippen LogP contribution in [0.4, 0.5) is 15.3 Å². The van der Waals surface area contributed by atoms with E-state index >= 15 is 0 Å². The van der Waals surface area contributed by atoms with Gasteiger partial charge >= 0.3 is 12.2 Å². The van der Waals surface area contributed by atoms with Gasteiger partial charge in [-0.1, -0.05) is 63.6 Å². The molecule has 0 aliphatic carbocycles. The summed E-state index contributed by atoms with van der Waals surface area (Å²) in [4.78, 5) is 26.2. The van der Waals surface area contributed by atoms with Crippen molar-refractivity contribution < 1.29 is 19.1 Å². The highest BCUT2D eigenvalue weighted by Crippen LogP contribution is 2.21. The maximum Gasteiger partial charge on any atom is 0.416 e. The van der Waals surface area contributed by atoms with Gasteiger partial charge in [-0.3, -0.25) is 10.2 Å². The second kappa shape index (κ2) is 12.2. The van der Waals surface area contributed by atoms with Crippen LogP contribution in [0.3, 0.4) is 0 Å².